The van der Waals surface area contributed by atoms with Gasteiger partial charge in [0.15, 0.2) is 6.10 Å². The first-order valence-electron chi connectivity index (χ1n) is 14.8. The highest BCUT2D eigenvalue weighted by Crippen LogP contribution is 2.47. The molecule has 2 N–H and O–H groups in total. The standard InChI is InChI=1S/C32H43N3O5/c1-19-25(22-14-15-24-28-23(22)13-10-16-35(28)17-18-39-24)26(29(31(37)38)40-32(3,4)5)20(2)33-27(19)30(36)34-21-11-8-6-7-9-12-21/h14-15,21,29H,6-13,16-18H2,1-5H3,(H,34,36)(H,37,38)/t29-/m0/s1. The van der Waals surface area contributed by atoms with Crippen LogP contribution in [0.1, 0.15) is 105 Å². The minimum atomic E-state index is -1.24. The molecule has 0 spiro atoms. The van der Waals surface area contributed by atoms with E-state index >= 15 is 0 Å². The molecule has 1 fully saturated rings. The number of carbonyl (C=O) groups is 2. The number of pyridine rings is 1. The first-order valence-corrected chi connectivity index (χ1v) is 14.8. The van der Waals surface area contributed by atoms with Gasteiger partial charge in [-0.05, 0) is 88.6 Å². The van der Waals surface area contributed by atoms with E-state index in [1.165, 1.54) is 12.8 Å². The third-order valence-corrected chi connectivity index (χ3v) is 8.34. The van der Waals surface area contributed by atoms with Crippen LogP contribution in [-0.4, -0.2) is 53.3 Å². The van der Waals surface area contributed by atoms with Crippen molar-refractivity contribution in [3.63, 3.8) is 0 Å². The Balaban J connectivity index is 1.70. The summed E-state index contributed by atoms with van der Waals surface area (Å²) in [6.07, 6.45) is 7.18. The number of carbonyl (C=O) groups excluding carboxylic acids is 1. The normalized spacial score (nSPS) is 18.4. The van der Waals surface area contributed by atoms with E-state index in [1.807, 2.05) is 39.8 Å². The number of carboxylic acids is 1. The molecule has 3 aliphatic rings. The highest BCUT2D eigenvalue weighted by Gasteiger charge is 2.36. The van der Waals surface area contributed by atoms with E-state index in [9.17, 15) is 14.7 Å². The summed E-state index contributed by atoms with van der Waals surface area (Å²) >= 11 is 0. The van der Waals surface area contributed by atoms with Crippen molar-refractivity contribution in [3.05, 3.63) is 40.2 Å². The monoisotopic (exact) mass is 549 g/mol. The van der Waals surface area contributed by atoms with Gasteiger partial charge in [-0.2, -0.15) is 0 Å². The van der Waals surface area contributed by atoms with Gasteiger partial charge in [0.05, 0.1) is 17.8 Å². The number of carboxylic acid groups (broad SMARTS) is 1. The van der Waals surface area contributed by atoms with Gasteiger partial charge in [-0.1, -0.05) is 31.7 Å². The average molecular weight is 550 g/mol. The van der Waals surface area contributed by atoms with E-state index in [0.717, 1.165) is 79.7 Å². The van der Waals surface area contributed by atoms with Crippen molar-refractivity contribution in [2.24, 2.45) is 0 Å². The minimum absolute atomic E-state index is 0.131. The number of aliphatic carboxylic acids is 1. The zero-order valence-electron chi connectivity index (χ0n) is 24.6. The number of amides is 1. The molecule has 2 aromatic rings. The molecule has 8 nitrogen and oxygen atoms in total. The maximum Gasteiger partial charge on any atom is 0.337 e. The summed E-state index contributed by atoms with van der Waals surface area (Å²) < 4.78 is 12.2. The maximum atomic E-state index is 13.7. The fourth-order valence-corrected chi connectivity index (χ4v) is 6.58. The van der Waals surface area contributed by atoms with E-state index < -0.39 is 17.7 Å². The number of rotatable bonds is 6. The van der Waals surface area contributed by atoms with E-state index in [4.69, 9.17) is 14.5 Å². The zero-order valence-corrected chi connectivity index (χ0v) is 24.6. The van der Waals surface area contributed by atoms with Crippen LogP contribution in [0.3, 0.4) is 0 Å². The van der Waals surface area contributed by atoms with Gasteiger partial charge in [0.25, 0.3) is 5.91 Å². The molecule has 0 radical (unpaired) electrons. The second-order valence-electron chi connectivity index (χ2n) is 12.4. The van der Waals surface area contributed by atoms with Gasteiger partial charge in [-0.25, -0.2) is 9.78 Å². The molecule has 3 heterocycles. The minimum Gasteiger partial charge on any atom is -0.490 e. The second-order valence-corrected chi connectivity index (χ2v) is 12.4. The molecule has 1 amide bonds. The summed E-state index contributed by atoms with van der Waals surface area (Å²) in [7, 11) is 0. The van der Waals surface area contributed by atoms with Gasteiger partial charge in [-0.15, -0.1) is 0 Å². The van der Waals surface area contributed by atoms with Crippen molar-refractivity contribution < 1.29 is 24.2 Å². The summed E-state index contributed by atoms with van der Waals surface area (Å²) in [5, 5.41) is 13.7. The molecule has 2 aliphatic heterocycles. The first kappa shape index (κ1) is 28.4. The number of aromatic nitrogens is 1. The Hall–Kier alpha value is -3.13. The van der Waals surface area contributed by atoms with Gasteiger partial charge in [0.1, 0.15) is 18.1 Å². The van der Waals surface area contributed by atoms with Crippen LogP contribution in [0.15, 0.2) is 12.1 Å². The number of anilines is 1. The quantitative estimate of drug-likeness (QED) is 0.433. The summed E-state index contributed by atoms with van der Waals surface area (Å²) in [5.74, 6) is -0.407. The molecule has 1 aromatic carbocycles. The number of nitrogens with one attached hydrogen (secondary N) is 1. The number of benzene rings is 1. The molecule has 5 rings (SSSR count). The number of ether oxygens (including phenoxy) is 2. The summed E-state index contributed by atoms with van der Waals surface area (Å²) in [6, 6.07) is 4.14. The van der Waals surface area contributed by atoms with Gasteiger partial charge >= 0.3 is 5.97 Å². The van der Waals surface area contributed by atoms with Crippen LogP contribution in [-0.2, 0) is 16.0 Å². The predicted octanol–water partition coefficient (Wildman–Crippen LogP) is 5.90. The predicted molar refractivity (Wildman–Crippen MR) is 155 cm³/mol. The molecule has 0 saturated heterocycles. The number of hydrogen-bond donors (Lipinski definition) is 2. The average Bonchev–Trinajstić information content (AvgIpc) is 3.17. The van der Waals surface area contributed by atoms with Gasteiger partial charge < -0.3 is 24.8 Å². The summed E-state index contributed by atoms with van der Waals surface area (Å²) in [4.78, 5) is 33.6. The second kappa shape index (κ2) is 11.4. The van der Waals surface area contributed by atoms with Crippen molar-refractivity contribution in [3.8, 4) is 16.9 Å². The maximum absolute atomic E-state index is 13.7. The van der Waals surface area contributed by atoms with Crippen molar-refractivity contribution in [2.75, 3.05) is 24.6 Å². The summed E-state index contributed by atoms with van der Waals surface area (Å²) in [6.45, 7) is 11.7. The van der Waals surface area contributed by atoms with E-state index in [2.05, 4.69) is 10.2 Å². The fraction of sp³-hybridized carbons (Fsp3) is 0.594. The lowest BCUT2D eigenvalue weighted by molar-refractivity contribution is -0.160. The Labute approximate surface area is 237 Å². The van der Waals surface area contributed by atoms with Gasteiger partial charge in [0.2, 0.25) is 0 Å². The van der Waals surface area contributed by atoms with Crippen LogP contribution in [0.4, 0.5) is 5.69 Å². The molecule has 1 atom stereocenters. The Morgan fingerprint density at radius 2 is 1.82 bits per heavy atom. The molecular formula is C32H43N3O5. The first-order chi connectivity index (χ1) is 19.0. The van der Waals surface area contributed by atoms with Crippen LogP contribution in [0.5, 0.6) is 5.75 Å². The molecule has 8 heteroatoms. The van der Waals surface area contributed by atoms with Gasteiger partial charge in [0, 0.05) is 23.8 Å². The lowest BCUT2D eigenvalue weighted by Gasteiger charge is -2.38. The lowest BCUT2D eigenvalue weighted by Crippen LogP contribution is -2.37. The van der Waals surface area contributed by atoms with Crippen LogP contribution in [0, 0.1) is 13.8 Å². The zero-order chi connectivity index (χ0) is 28.6. The Morgan fingerprint density at radius 1 is 1.10 bits per heavy atom. The number of nitrogens with zero attached hydrogens (tertiary/aromatic N) is 2. The van der Waals surface area contributed by atoms with Crippen LogP contribution in [0.2, 0.25) is 0 Å². The SMILES string of the molecule is Cc1nc(C(=O)NC2CCCCCC2)c(C)c(-c2ccc3c4c2CCCN4CCO3)c1[C@H](OC(C)(C)C)C(=O)O. The fourth-order valence-electron chi connectivity index (χ4n) is 6.58. The number of hydrogen-bond acceptors (Lipinski definition) is 6. The molecule has 1 saturated carbocycles. The molecule has 1 aliphatic carbocycles. The van der Waals surface area contributed by atoms with Crippen molar-refractivity contribution in [2.45, 2.75) is 104 Å². The van der Waals surface area contributed by atoms with E-state index in [-0.39, 0.29) is 11.9 Å². The Morgan fingerprint density at radius 3 is 2.50 bits per heavy atom. The molecular weight excluding hydrogens is 506 g/mol. The molecule has 1 aromatic heterocycles. The van der Waals surface area contributed by atoms with Crippen molar-refractivity contribution in [1.82, 2.24) is 10.3 Å². The van der Waals surface area contributed by atoms with Crippen LogP contribution in [0.25, 0.3) is 11.1 Å². The number of aryl methyl sites for hydroxylation is 1. The molecule has 0 unspecified atom stereocenters. The largest absolute Gasteiger partial charge is 0.490 e. The third kappa shape index (κ3) is 5.69. The lowest BCUT2D eigenvalue weighted by atomic mass is 9.84. The Bertz CT molecular complexity index is 1290. The molecule has 40 heavy (non-hydrogen) atoms. The van der Waals surface area contributed by atoms with Crippen molar-refractivity contribution in [1.29, 1.82) is 0 Å². The smallest absolute Gasteiger partial charge is 0.337 e. The van der Waals surface area contributed by atoms with E-state index in [1.54, 1.807) is 6.92 Å². The van der Waals surface area contributed by atoms with E-state index in [0.29, 0.717) is 29.1 Å². The van der Waals surface area contributed by atoms with Crippen LogP contribution < -0.4 is 15.0 Å². The third-order valence-electron chi connectivity index (χ3n) is 8.34. The molecule has 0 bridgehead atoms. The van der Waals surface area contributed by atoms with Crippen LogP contribution >= 0.6 is 0 Å². The Kier molecular flexibility index (Phi) is 8.09. The highest BCUT2D eigenvalue weighted by atomic mass is 16.5. The van der Waals surface area contributed by atoms with Gasteiger partial charge in [-0.3, -0.25) is 4.79 Å². The van der Waals surface area contributed by atoms with Crippen molar-refractivity contribution >= 4 is 17.6 Å². The highest BCUT2D eigenvalue weighted by molar-refractivity contribution is 5.98. The molecule has 216 valence electrons. The summed E-state index contributed by atoms with van der Waals surface area (Å²) in [5.41, 5.74) is 5.23. The topological polar surface area (TPSA) is 101 Å².